The van der Waals surface area contributed by atoms with Gasteiger partial charge in [0.2, 0.25) is 0 Å². The van der Waals surface area contributed by atoms with E-state index in [4.69, 9.17) is 0 Å². The molecule has 15 rings (SSSR count). The van der Waals surface area contributed by atoms with Gasteiger partial charge in [-0.1, -0.05) is 136 Å². The van der Waals surface area contributed by atoms with Crippen molar-refractivity contribution >= 4 is 44.9 Å². The largest absolute Gasteiger partial charge is 0.310 e. The number of rotatable bonds is 7. The molecule has 0 heterocycles. The van der Waals surface area contributed by atoms with Crippen LogP contribution in [0.4, 0.5) is 34.1 Å². The van der Waals surface area contributed by atoms with E-state index in [9.17, 15) is 0 Å². The molecule has 2 saturated carbocycles. The number of fused-ring (bicyclic) bond motifs is 6. The number of anilines is 6. The highest BCUT2D eigenvalue weighted by atomic mass is 15.2. The van der Waals surface area contributed by atoms with E-state index in [1.165, 1.54) is 121 Å². The normalized spacial score (nSPS) is 19.2. The summed E-state index contributed by atoms with van der Waals surface area (Å²) in [6, 6.07) is 67.3. The zero-order chi connectivity index (χ0) is 41.4. The number of benzene rings is 8. The summed E-state index contributed by atoms with van der Waals surface area (Å²) in [6.45, 7) is 4.78. The van der Waals surface area contributed by atoms with Crippen molar-refractivity contribution in [1.82, 2.24) is 0 Å². The molecule has 7 aliphatic carbocycles. The van der Waals surface area contributed by atoms with Crippen LogP contribution < -0.4 is 9.80 Å². The first-order valence-electron chi connectivity index (χ1n) is 23.2. The van der Waals surface area contributed by atoms with Crippen LogP contribution in [-0.4, -0.2) is 0 Å². The van der Waals surface area contributed by atoms with Crippen LogP contribution >= 0.6 is 0 Å². The van der Waals surface area contributed by atoms with Crippen molar-refractivity contribution in [3.63, 3.8) is 0 Å². The maximum Gasteiger partial charge on any atom is 0.0496 e. The maximum absolute atomic E-state index is 2.56. The Hall–Kier alpha value is -6.38. The van der Waals surface area contributed by atoms with E-state index in [-0.39, 0.29) is 5.41 Å². The summed E-state index contributed by atoms with van der Waals surface area (Å²) in [5.41, 5.74) is 19.9. The van der Waals surface area contributed by atoms with Gasteiger partial charge in [0.05, 0.1) is 0 Å². The van der Waals surface area contributed by atoms with Crippen LogP contribution in [0.5, 0.6) is 0 Å². The average molecular weight is 803 g/mol. The number of nitrogens with zero attached hydrogens (tertiary/aromatic N) is 2. The summed E-state index contributed by atoms with van der Waals surface area (Å²) in [7, 11) is 0. The summed E-state index contributed by atoms with van der Waals surface area (Å²) in [5.74, 6) is 2.56. The lowest BCUT2D eigenvalue weighted by atomic mass is 9.82. The van der Waals surface area contributed by atoms with Crippen LogP contribution in [0.2, 0.25) is 0 Å². The molecule has 0 amide bonds. The molecule has 0 aromatic heterocycles. The third-order valence-electron chi connectivity index (χ3n) is 15.3. The summed E-state index contributed by atoms with van der Waals surface area (Å²) in [5, 5.41) is 2.52. The monoisotopic (exact) mass is 802 g/mol. The molecule has 2 fully saturated rings. The van der Waals surface area contributed by atoms with Crippen molar-refractivity contribution < 1.29 is 0 Å². The van der Waals surface area contributed by atoms with Gasteiger partial charge in [-0.05, 0) is 184 Å². The molecule has 2 heteroatoms. The number of hydrogen-bond acceptors (Lipinski definition) is 2. The fourth-order valence-corrected chi connectivity index (χ4v) is 12.0. The van der Waals surface area contributed by atoms with Gasteiger partial charge in [-0.25, -0.2) is 0 Å². The minimum atomic E-state index is -0.0898. The molecular weight excluding hydrogens is 749 g/mol. The van der Waals surface area contributed by atoms with Gasteiger partial charge in [0.25, 0.3) is 0 Å². The Labute approximate surface area is 367 Å². The summed E-state index contributed by atoms with van der Waals surface area (Å²) < 4.78 is 0. The smallest absolute Gasteiger partial charge is 0.0496 e. The topological polar surface area (TPSA) is 6.48 Å². The molecule has 62 heavy (non-hydrogen) atoms. The highest BCUT2D eigenvalue weighted by Gasteiger charge is 2.40. The zero-order valence-electron chi connectivity index (χ0n) is 36.0. The molecule has 0 saturated heterocycles. The van der Waals surface area contributed by atoms with Crippen molar-refractivity contribution in [3.05, 3.63) is 215 Å². The fraction of sp³-hybridized carbons (Fsp3) is 0.233. The zero-order valence-corrected chi connectivity index (χ0v) is 36.0. The van der Waals surface area contributed by atoms with Gasteiger partial charge in [-0.15, -0.1) is 0 Å². The lowest BCUT2D eigenvalue weighted by Crippen LogP contribution is -2.17. The molecule has 8 aromatic carbocycles. The van der Waals surface area contributed by atoms with Crippen LogP contribution in [0, 0.1) is 11.8 Å². The summed E-state index contributed by atoms with van der Waals surface area (Å²) >= 11 is 0. The fourth-order valence-electron chi connectivity index (χ4n) is 12.0. The molecule has 2 nitrogen and oxygen atoms in total. The summed E-state index contributed by atoms with van der Waals surface area (Å²) in [6.07, 6.45) is 9.44. The molecule has 7 aliphatic rings. The van der Waals surface area contributed by atoms with Crippen LogP contribution in [0.25, 0.3) is 21.9 Å². The predicted molar refractivity (Wildman–Crippen MR) is 260 cm³/mol. The predicted octanol–water partition coefficient (Wildman–Crippen LogP) is 15.9. The molecule has 0 N–H and O–H groups in total. The van der Waals surface area contributed by atoms with Crippen molar-refractivity contribution in [3.8, 4) is 11.1 Å². The van der Waals surface area contributed by atoms with E-state index in [0.29, 0.717) is 0 Å². The highest BCUT2D eigenvalue weighted by molar-refractivity contribution is 5.91. The Bertz CT molecular complexity index is 2980. The standard InChI is InChI=1S/C60H54N2/c1-60(2)56-15-9-8-14-53(56)54-33-32-52(39-57(54)60)62(51-31-26-43-10-6-7-11-47(43)38-51)59-37-41-17-22-45-21-16-40(18-23-46(59)24-19-41)36-58(45)61(49-12-4-3-5-13-49)50-29-27-44(28-30-50)55-35-42-20-25-48(55)34-42/h3-16,19,21,24,26-33,36-39,42,48,55H,17-18,20,22-23,25,34-35H2,1-2H3. The van der Waals surface area contributed by atoms with E-state index >= 15 is 0 Å². The second-order valence-electron chi connectivity index (χ2n) is 19.2. The molecule has 8 aromatic rings. The minimum Gasteiger partial charge on any atom is -0.310 e. The Kier molecular flexibility index (Phi) is 8.99. The number of hydrogen-bond donors (Lipinski definition) is 0. The first kappa shape index (κ1) is 37.4. The molecular formula is C60H54N2. The molecule has 0 spiro atoms. The van der Waals surface area contributed by atoms with Crippen LogP contribution in [-0.2, 0) is 31.1 Å². The molecule has 0 aliphatic heterocycles. The summed E-state index contributed by atoms with van der Waals surface area (Å²) in [4.78, 5) is 5.08. The van der Waals surface area contributed by atoms with Crippen molar-refractivity contribution in [2.45, 2.75) is 76.5 Å². The molecule has 3 unspecified atom stereocenters. The SMILES string of the molecule is CC1(C)c2ccccc2-c2ccc(N(c3ccc4ccccc4c3)c3cc4ccc3CCc3ccc(c(N(c5ccccc5)c5ccc(C6CC7CCC6C7)cc5)c3)CC4)cc21. The van der Waals surface area contributed by atoms with Crippen LogP contribution in [0.3, 0.4) is 0 Å². The van der Waals surface area contributed by atoms with Crippen LogP contribution in [0.15, 0.2) is 176 Å². The first-order valence-corrected chi connectivity index (χ1v) is 23.2. The number of para-hydroxylation sites is 1. The second-order valence-corrected chi connectivity index (χ2v) is 19.2. The maximum atomic E-state index is 2.56. The minimum absolute atomic E-state index is 0.0898. The average Bonchev–Trinajstić information content (AvgIpc) is 4.01. The van der Waals surface area contributed by atoms with Crippen LogP contribution in [0.1, 0.15) is 84.4 Å². The van der Waals surface area contributed by atoms with Gasteiger partial charge >= 0.3 is 0 Å². The Morgan fingerprint density at radius 3 is 1.74 bits per heavy atom. The first-order chi connectivity index (χ1) is 30.4. The van der Waals surface area contributed by atoms with Gasteiger partial charge in [-0.2, -0.15) is 0 Å². The molecule has 3 atom stereocenters. The van der Waals surface area contributed by atoms with E-state index < -0.39 is 0 Å². The molecule has 304 valence electrons. The van der Waals surface area contributed by atoms with E-state index in [1.807, 2.05) is 0 Å². The van der Waals surface area contributed by atoms with Crippen molar-refractivity contribution in [1.29, 1.82) is 0 Å². The second kappa shape index (κ2) is 14.9. The quantitative estimate of drug-likeness (QED) is 0.158. The molecule has 6 bridgehead atoms. The van der Waals surface area contributed by atoms with Gasteiger partial charge in [0.15, 0.2) is 0 Å². The Morgan fingerprint density at radius 1 is 0.435 bits per heavy atom. The highest BCUT2D eigenvalue weighted by Crippen LogP contribution is 2.54. The van der Waals surface area contributed by atoms with Crippen molar-refractivity contribution in [2.75, 3.05) is 9.80 Å². The van der Waals surface area contributed by atoms with E-state index in [2.05, 4.69) is 200 Å². The Morgan fingerprint density at radius 2 is 1.03 bits per heavy atom. The molecule has 0 radical (unpaired) electrons. The van der Waals surface area contributed by atoms with Gasteiger partial charge in [0.1, 0.15) is 0 Å². The third kappa shape index (κ3) is 6.37. The van der Waals surface area contributed by atoms with E-state index in [0.717, 1.165) is 43.4 Å². The van der Waals surface area contributed by atoms with Crippen molar-refractivity contribution in [2.24, 2.45) is 11.8 Å². The van der Waals surface area contributed by atoms with E-state index in [1.54, 1.807) is 0 Å². The third-order valence-corrected chi connectivity index (χ3v) is 15.3. The van der Waals surface area contributed by atoms with Gasteiger partial charge in [-0.3, -0.25) is 0 Å². The Balaban J connectivity index is 0.938. The van der Waals surface area contributed by atoms with Gasteiger partial charge < -0.3 is 9.80 Å². The lowest BCUT2D eigenvalue weighted by Gasteiger charge is -2.31. The number of aryl methyl sites for hydroxylation is 4. The van der Waals surface area contributed by atoms with Gasteiger partial charge in [0, 0.05) is 39.5 Å². The lowest BCUT2D eigenvalue weighted by molar-refractivity contribution is 0.420.